The molecule has 1 saturated heterocycles. The van der Waals surface area contributed by atoms with Gasteiger partial charge in [0.15, 0.2) is 4.90 Å². The summed E-state index contributed by atoms with van der Waals surface area (Å²) in [6, 6.07) is 2.86. The van der Waals surface area contributed by atoms with Crippen molar-refractivity contribution >= 4 is 10.0 Å². The van der Waals surface area contributed by atoms with Crippen LogP contribution in [0.2, 0.25) is 0 Å². The van der Waals surface area contributed by atoms with E-state index in [9.17, 15) is 22.3 Å². The molecule has 1 aliphatic rings. The van der Waals surface area contributed by atoms with Gasteiger partial charge < -0.3 is 9.84 Å². The fourth-order valence-corrected chi connectivity index (χ4v) is 3.64. The number of aliphatic hydroxyl groups is 1. The van der Waals surface area contributed by atoms with E-state index in [0.29, 0.717) is 13.2 Å². The molecule has 21 heavy (non-hydrogen) atoms. The Morgan fingerprint density at radius 1 is 1.29 bits per heavy atom. The number of sulfonamides is 1. The van der Waals surface area contributed by atoms with Crippen LogP contribution in [0.3, 0.4) is 0 Å². The van der Waals surface area contributed by atoms with Gasteiger partial charge >= 0.3 is 0 Å². The minimum atomic E-state index is -4.36. The Kier molecular flexibility index (Phi) is 4.62. The summed E-state index contributed by atoms with van der Waals surface area (Å²) >= 11 is 0. The molecule has 0 atom stereocenters. The Morgan fingerprint density at radius 3 is 2.33 bits per heavy atom. The van der Waals surface area contributed by atoms with Crippen LogP contribution in [0.25, 0.3) is 0 Å². The van der Waals surface area contributed by atoms with E-state index in [4.69, 9.17) is 4.74 Å². The van der Waals surface area contributed by atoms with Gasteiger partial charge in [-0.1, -0.05) is 6.07 Å². The highest BCUT2D eigenvalue weighted by atomic mass is 32.2. The van der Waals surface area contributed by atoms with Gasteiger partial charge in [-0.05, 0) is 12.1 Å². The molecule has 1 heterocycles. The Balaban J connectivity index is 2.27. The van der Waals surface area contributed by atoms with Crippen LogP contribution >= 0.6 is 0 Å². The second-order valence-electron chi connectivity index (χ2n) is 5.15. The normalized spacial score (nSPS) is 18.9. The summed E-state index contributed by atoms with van der Waals surface area (Å²) in [6.45, 7) is 0.392. The second-order valence-corrected chi connectivity index (χ2v) is 7.13. The lowest BCUT2D eigenvalue weighted by Gasteiger charge is -2.35. The van der Waals surface area contributed by atoms with Crippen LogP contribution in [0.1, 0.15) is 12.8 Å². The molecular formula is C13H17F2NO4S. The molecule has 0 amide bonds. The predicted octanol–water partition coefficient (Wildman–Crippen LogP) is 1.13. The van der Waals surface area contributed by atoms with Crippen LogP contribution < -0.4 is 0 Å². The minimum Gasteiger partial charge on any atom is -0.388 e. The van der Waals surface area contributed by atoms with Gasteiger partial charge in [0.2, 0.25) is 10.0 Å². The van der Waals surface area contributed by atoms with Crippen LogP contribution in [0.15, 0.2) is 23.1 Å². The van der Waals surface area contributed by atoms with Crippen LogP contribution in [-0.4, -0.2) is 50.2 Å². The molecule has 1 aliphatic heterocycles. The van der Waals surface area contributed by atoms with E-state index in [1.807, 2.05) is 0 Å². The molecule has 8 heteroatoms. The standard InChI is InChI=1S/C13H17F2NO4S/c1-16(9-13(17)5-7-20-8-6-13)21(18,19)12-10(14)3-2-4-11(12)15/h2-4,17H,5-9H2,1H3. The molecule has 0 spiro atoms. The maximum Gasteiger partial charge on any atom is 0.248 e. The second kappa shape index (κ2) is 5.96. The number of nitrogens with zero attached hydrogens (tertiary/aromatic N) is 1. The fourth-order valence-electron chi connectivity index (χ4n) is 2.29. The zero-order valence-electron chi connectivity index (χ0n) is 11.6. The molecular weight excluding hydrogens is 304 g/mol. The average molecular weight is 321 g/mol. The first-order chi connectivity index (χ1) is 9.76. The Hall–Kier alpha value is -1.09. The lowest BCUT2D eigenvalue weighted by molar-refractivity contribution is -0.0689. The van der Waals surface area contributed by atoms with Crippen LogP contribution in [0.5, 0.6) is 0 Å². The molecule has 0 unspecified atom stereocenters. The average Bonchev–Trinajstić information content (AvgIpc) is 2.38. The third-order valence-electron chi connectivity index (χ3n) is 3.53. The summed E-state index contributed by atoms with van der Waals surface area (Å²) in [6.07, 6.45) is 0.541. The zero-order valence-corrected chi connectivity index (χ0v) is 12.4. The van der Waals surface area contributed by atoms with E-state index in [0.717, 1.165) is 22.5 Å². The number of benzene rings is 1. The minimum absolute atomic E-state index is 0.244. The number of hydrogen-bond donors (Lipinski definition) is 1. The first-order valence-electron chi connectivity index (χ1n) is 6.47. The van der Waals surface area contributed by atoms with Crippen molar-refractivity contribution in [2.45, 2.75) is 23.3 Å². The Labute approximate surface area is 122 Å². The number of rotatable bonds is 4. The van der Waals surface area contributed by atoms with E-state index in [2.05, 4.69) is 0 Å². The molecule has 1 fully saturated rings. The van der Waals surface area contributed by atoms with Gasteiger partial charge in [0.05, 0.1) is 5.60 Å². The molecule has 0 aliphatic carbocycles. The van der Waals surface area contributed by atoms with Gasteiger partial charge in [0.25, 0.3) is 0 Å². The van der Waals surface area contributed by atoms with Crippen molar-refractivity contribution in [1.82, 2.24) is 4.31 Å². The fraction of sp³-hybridized carbons (Fsp3) is 0.538. The molecule has 118 valence electrons. The van der Waals surface area contributed by atoms with Crippen molar-refractivity contribution in [3.8, 4) is 0 Å². The van der Waals surface area contributed by atoms with Crippen molar-refractivity contribution in [3.63, 3.8) is 0 Å². The van der Waals surface area contributed by atoms with E-state index in [1.54, 1.807) is 0 Å². The summed E-state index contributed by atoms with van der Waals surface area (Å²) in [4.78, 5) is -0.997. The SMILES string of the molecule is CN(CC1(O)CCOCC1)S(=O)(=O)c1c(F)cccc1F. The molecule has 5 nitrogen and oxygen atoms in total. The zero-order chi connectivity index (χ0) is 15.7. The number of hydrogen-bond acceptors (Lipinski definition) is 4. The van der Waals surface area contributed by atoms with Crippen LogP contribution in [0.4, 0.5) is 8.78 Å². The summed E-state index contributed by atoms with van der Waals surface area (Å²) < 4.78 is 57.8. The summed E-state index contributed by atoms with van der Waals surface area (Å²) in [5, 5.41) is 10.3. The van der Waals surface area contributed by atoms with Gasteiger partial charge in [-0.25, -0.2) is 17.2 Å². The summed E-state index contributed by atoms with van der Waals surface area (Å²) in [5.41, 5.74) is -1.25. The third kappa shape index (κ3) is 3.39. The van der Waals surface area contributed by atoms with E-state index < -0.39 is 32.2 Å². The van der Waals surface area contributed by atoms with Crippen molar-refractivity contribution in [2.75, 3.05) is 26.8 Å². The van der Waals surface area contributed by atoms with Gasteiger partial charge in [0, 0.05) is 39.6 Å². The topological polar surface area (TPSA) is 66.8 Å². The highest BCUT2D eigenvalue weighted by Crippen LogP contribution is 2.26. The molecule has 1 aromatic rings. The first kappa shape index (κ1) is 16.3. The first-order valence-corrected chi connectivity index (χ1v) is 7.91. The smallest absolute Gasteiger partial charge is 0.248 e. The molecule has 0 saturated carbocycles. The number of likely N-dealkylation sites (N-methyl/N-ethyl adjacent to an activating group) is 1. The molecule has 0 aromatic heterocycles. The highest BCUT2D eigenvalue weighted by Gasteiger charge is 2.36. The Bertz CT molecular complexity index is 594. The maximum atomic E-state index is 13.7. The molecule has 1 aromatic carbocycles. The molecule has 1 N–H and O–H groups in total. The van der Waals surface area contributed by atoms with Crippen molar-refractivity contribution in [1.29, 1.82) is 0 Å². The van der Waals surface area contributed by atoms with E-state index >= 15 is 0 Å². The lowest BCUT2D eigenvalue weighted by Crippen LogP contribution is -2.47. The highest BCUT2D eigenvalue weighted by molar-refractivity contribution is 7.89. The summed E-state index contributed by atoms with van der Waals surface area (Å²) in [5.74, 6) is -2.30. The maximum absolute atomic E-state index is 13.7. The molecule has 0 bridgehead atoms. The summed E-state index contributed by atoms with van der Waals surface area (Å²) in [7, 11) is -3.17. The van der Waals surface area contributed by atoms with Gasteiger partial charge in [-0.3, -0.25) is 0 Å². The Morgan fingerprint density at radius 2 is 1.81 bits per heavy atom. The molecule has 0 radical (unpaired) electrons. The third-order valence-corrected chi connectivity index (χ3v) is 5.38. The van der Waals surface area contributed by atoms with Crippen LogP contribution in [0, 0.1) is 11.6 Å². The van der Waals surface area contributed by atoms with Crippen molar-refractivity contribution in [3.05, 3.63) is 29.8 Å². The van der Waals surface area contributed by atoms with Crippen molar-refractivity contribution in [2.24, 2.45) is 0 Å². The van der Waals surface area contributed by atoms with E-state index in [-0.39, 0.29) is 19.4 Å². The largest absolute Gasteiger partial charge is 0.388 e. The van der Waals surface area contributed by atoms with Crippen molar-refractivity contribution < 1.29 is 27.0 Å². The number of ether oxygens (including phenoxy) is 1. The van der Waals surface area contributed by atoms with E-state index in [1.165, 1.54) is 7.05 Å². The van der Waals surface area contributed by atoms with Crippen LogP contribution in [-0.2, 0) is 14.8 Å². The lowest BCUT2D eigenvalue weighted by atomic mass is 9.95. The monoisotopic (exact) mass is 321 g/mol. The number of halogens is 2. The van der Waals surface area contributed by atoms with Gasteiger partial charge in [0.1, 0.15) is 11.6 Å². The van der Waals surface area contributed by atoms with Gasteiger partial charge in [-0.15, -0.1) is 0 Å². The van der Waals surface area contributed by atoms with Gasteiger partial charge in [-0.2, -0.15) is 4.31 Å². The predicted molar refractivity (Wildman–Crippen MR) is 71.2 cm³/mol. The molecule has 2 rings (SSSR count). The quantitative estimate of drug-likeness (QED) is 0.903.